The number of benzene rings is 1. The van der Waals surface area contributed by atoms with Crippen molar-refractivity contribution in [2.75, 3.05) is 0 Å². The van der Waals surface area contributed by atoms with Crippen LogP contribution in [0, 0.1) is 0 Å². The Morgan fingerprint density at radius 1 is 1.28 bits per heavy atom. The van der Waals surface area contributed by atoms with Gasteiger partial charge in [-0.25, -0.2) is 9.36 Å². The Morgan fingerprint density at radius 3 is 2.44 bits per heavy atom. The van der Waals surface area contributed by atoms with Gasteiger partial charge in [-0.15, -0.1) is 0 Å². The van der Waals surface area contributed by atoms with Crippen LogP contribution < -0.4 is 5.69 Å². The van der Waals surface area contributed by atoms with E-state index < -0.39 is 23.3 Å². The standard InChI is InChI=1S/C11H9F3N2O2/c1-15-6-9(17)16(10(15)18)8-4-2-3-7(5-8)11(12,13)14/h2-6,17H,1H3. The molecule has 0 spiro atoms. The summed E-state index contributed by atoms with van der Waals surface area (Å²) in [6.45, 7) is 0. The number of aromatic nitrogens is 2. The van der Waals surface area contributed by atoms with Gasteiger partial charge in [0.25, 0.3) is 0 Å². The van der Waals surface area contributed by atoms with Gasteiger partial charge in [-0.2, -0.15) is 13.2 Å². The van der Waals surface area contributed by atoms with Crippen molar-refractivity contribution in [2.45, 2.75) is 6.18 Å². The van der Waals surface area contributed by atoms with Gasteiger partial charge in [-0.1, -0.05) is 6.07 Å². The zero-order valence-electron chi connectivity index (χ0n) is 9.27. The van der Waals surface area contributed by atoms with Crippen LogP contribution in [0.15, 0.2) is 35.3 Å². The van der Waals surface area contributed by atoms with E-state index in [-0.39, 0.29) is 5.69 Å². The summed E-state index contributed by atoms with van der Waals surface area (Å²) >= 11 is 0. The van der Waals surface area contributed by atoms with Crippen molar-refractivity contribution in [3.63, 3.8) is 0 Å². The second-order valence-corrected chi connectivity index (χ2v) is 3.76. The number of imidazole rings is 1. The van der Waals surface area contributed by atoms with Crippen LogP contribution >= 0.6 is 0 Å². The van der Waals surface area contributed by atoms with Gasteiger partial charge in [0.1, 0.15) is 0 Å². The molecule has 2 rings (SSSR count). The smallest absolute Gasteiger partial charge is 0.416 e. The molecule has 0 unspecified atom stereocenters. The highest BCUT2D eigenvalue weighted by molar-refractivity contribution is 5.39. The van der Waals surface area contributed by atoms with Gasteiger partial charge in [0.2, 0.25) is 5.88 Å². The van der Waals surface area contributed by atoms with Crippen molar-refractivity contribution in [1.29, 1.82) is 0 Å². The molecule has 1 N–H and O–H groups in total. The van der Waals surface area contributed by atoms with E-state index in [1.807, 2.05) is 0 Å². The Balaban J connectivity index is 2.62. The number of rotatable bonds is 1. The quantitative estimate of drug-likeness (QED) is 0.849. The molecular weight excluding hydrogens is 249 g/mol. The number of aromatic hydroxyl groups is 1. The molecule has 0 aliphatic carbocycles. The summed E-state index contributed by atoms with van der Waals surface area (Å²) in [6.07, 6.45) is -3.37. The minimum atomic E-state index is -4.50. The molecule has 0 aliphatic rings. The molecule has 0 fully saturated rings. The van der Waals surface area contributed by atoms with Gasteiger partial charge in [0.15, 0.2) is 0 Å². The van der Waals surface area contributed by atoms with Gasteiger partial charge in [0, 0.05) is 7.05 Å². The number of aryl methyl sites for hydroxylation is 1. The second kappa shape index (κ2) is 3.94. The third-order valence-electron chi connectivity index (χ3n) is 2.46. The predicted molar refractivity (Wildman–Crippen MR) is 57.7 cm³/mol. The van der Waals surface area contributed by atoms with E-state index in [0.717, 1.165) is 27.5 Å². The molecule has 7 heteroatoms. The Kier molecular flexibility index (Phi) is 2.68. The van der Waals surface area contributed by atoms with Crippen LogP contribution in [-0.2, 0) is 13.2 Å². The van der Waals surface area contributed by atoms with Crippen LogP contribution in [0.4, 0.5) is 13.2 Å². The lowest BCUT2D eigenvalue weighted by molar-refractivity contribution is -0.137. The average molecular weight is 258 g/mol. The average Bonchev–Trinajstić information content (AvgIpc) is 2.52. The van der Waals surface area contributed by atoms with E-state index in [4.69, 9.17) is 0 Å². The lowest BCUT2D eigenvalue weighted by Crippen LogP contribution is -2.21. The first-order valence-corrected chi connectivity index (χ1v) is 4.95. The number of halogens is 3. The van der Waals surface area contributed by atoms with Gasteiger partial charge < -0.3 is 5.11 Å². The SMILES string of the molecule is Cn1cc(O)n(-c2cccc(C(F)(F)F)c2)c1=O. The maximum atomic E-state index is 12.5. The van der Waals surface area contributed by atoms with Crippen molar-refractivity contribution in [3.8, 4) is 11.6 Å². The molecule has 0 amide bonds. The highest BCUT2D eigenvalue weighted by Crippen LogP contribution is 2.30. The fraction of sp³-hybridized carbons (Fsp3) is 0.182. The number of nitrogens with zero attached hydrogens (tertiary/aromatic N) is 2. The minimum Gasteiger partial charge on any atom is -0.493 e. The molecule has 1 aromatic heterocycles. The van der Waals surface area contributed by atoms with Gasteiger partial charge in [-0.05, 0) is 18.2 Å². The maximum absolute atomic E-state index is 12.5. The van der Waals surface area contributed by atoms with Crippen LogP contribution in [0.3, 0.4) is 0 Å². The lowest BCUT2D eigenvalue weighted by atomic mass is 10.2. The summed E-state index contributed by atoms with van der Waals surface area (Å²) in [5.41, 5.74) is -1.53. The third kappa shape index (κ3) is 1.99. The number of hydrogen-bond donors (Lipinski definition) is 1. The molecule has 0 saturated carbocycles. The van der Waals surface area contributed by atoms with Gasteiger partial charge in [0.05, 0.1) is 17.4 Å². The van der Waals surface area contributed by atoms with E-state index in [1.165, 1.54) is 19.2 Å². The van der Waals surface area contributed by atoms with E-state index in [2.05, 4.69) is 0 Å². The predicted octanol–water partition coefficient (Wildman–Crippen LogP) is 1.90. The second-order valence-electron chi connectivity index (χ2n) is 3.76. The van der Waals surface area contributed by atoms with Crippen LogP contribution in [0.1, 0.15) is 5.56 Å². The highest BCUT2D eigenvalue weighted by Gasteiger charge is 2.30. The highest BCUT2D eigenvalue weighted by atomic mass is 19.4. The molecule has 0 atom stereocenters. The molecule has 4 nitrogen and oxygen atoms in total. The van der Waals surface area contributed by atoms with Crippen LogP contribution in [0.2, 0.25) is 0 Å². The number of alkyl halides is 3. The third-order valence-corrected chi connectivity index (χ3v) is 2.46. The zero-order valence-corrected chi connectivity index (χ0v) is 9.27. The summed E-state index contributed by atoms with van der Waals surface area (Å²) in [5.74, 6) is -0.415. The summed E-state index contributed by atoms with van der Waals surface area (Å²) < 4.78 is 39.5. The fourth-order valence-electron chi connectivity index (χ4n) is 1.61. The monoisotopic (exact) mass is 258 g/mol. The Morgan fingerprint density at radius 2 is 1.94 bits per heavy atom. The fourth-order valence-corrected chi connectivity index (χ4v) is 1.61. The van der Waals surface area contributed by atoms with Crippen LogP contribution in [-0.4, -0.2) is 14.2 Å². The molecule has 0 bridgehead atoms. The Hall–Kier alpha value is -2.18. The maximum Gasteiger partial charge on any atom is 0.416 e. The Labute approximate surface area is 99.5 Å². The van der Waals surface area contributed by atoms with Gasteiger partial charge >= 0.3 is 11.9 Å². The normalized spacial score (nSPS) is 11.8. The molecule has 1 aromatic carbocycles. The first kappa shape index (κ1) is 12.3. The topological polar surface area (TPSA) is 47.2 Å². The summed E-state index contributed by atoms with van der Waals surface area (Å²) in [6, 6.07) is 4.20. The van der Waals surface area contributed by atoms with Crippen molar-refractivity contribution in [3.05, 3.63) is 46.5 Å². The van der Waals surface area contributed by atoms with Crippen LogP contribution in [0.5, 0.6) is 5.88 Å². The van der Waals surface area contributed by atoms with E-state index in [1.54, 1.807) is 0 Å². The van der Waals surface area contributed by atoms with Crippen molar-refractivity contribution in [2.24, 2.45) is 7.05 Å². The molecule has 0 aliphatic heterocycles. The molecule has 1 heterocycles. The number of hydrogen-bond acceptors (Lipinski definition) is 2. The van der Waals surface area contributed by atoms with Gasteiger partial charge in [-0.3, -0.25) is 4.57 Å². The first-order valence-electron chi connectivity index (χ1n) is 4.95. The van der Waals surface area contributed by atoms with E-state index in [9.17, 15) is 23.1 Å². The zero-order chi connectivity index (χ0) is 13.5. The molecule has 0 saturated heterocycles. The molecule has 0 radical (unpaired) electrons. The van der Waals surface area contributed by atoms with Crippen molar-refractivity contribution < 1.29 is 18.3 Å². The lowest BCUT2D eigenvalue weighted by Gasteiger charge is -2.09. The van der Waals surface area contributed by atoms with E-state index >= 15 is 0 Å². The largest absolute Gasteiger partial charge is 0.493 e. The molecule has 2 aromatic rings. The van der Waals surface area contributed by atoms with Crippen molar-refractivity contribution in [1.82, 2.24) is 9.13 Å². The summed E-state index contributed by atoms with van der Waals surface area (Å²) in [5, 5.41) is 9.52. The Bertz CT molecular complexity index is 640. The minimum absolute atomic E-state index is 0.0343. The summed E-state index contributed by atoms with van der Waals surface area (Å²) in [4.78, 5) is 11.6. The molecule has 18 heavy (non-hydrogen) atoms. The van der Waals surface area contributed by atoms with Crippen LogP contribution in [0.25, 0.3) is 5.69 Å². The van der Waals surface area contributed by atoms with Crippen molar-refractivity contribution >= 4 is 0 Å². The molecule has 96 valence electrons. The van der Waals surface area contributed by atoms with E-state index in [0.29, 0.717) is 0 Å². The first-order chi connectivity index (χ1) is 8.30. The summed E-state index contributed by atoms with van der Waals surface area (Å²) in [7, 11) is 1.40. The molecular formula is C11H9F3N2O2.